The monoisotopic (exact) mass is 270 g/mol. The van der Waals surface area contributed by atoms with Crippen LogP contribution >= 0.6 is 0 Å². The van der Waals surface area contributed by atoms with Crippen molar-refractivity contribution in [2.24, 2.45) is 5.73 Å². The molecule has 19 heavy (non-hydrogen) atoms. The van der Waals surface area contributed by atoms with Gasteiger partial charge in [0.15, 0.2) is 5.75 Å². The third-order valence-electron chi connectivity index (χ3n) is 2.25. The lowest BCUT2D eigenvalue weighted by Crippen LogP contribution is -2.22. The van der Waals surface area contributed by atoms with Crippen molar-refractivity contribution in [3.8, 4) is 5.75 Å². The maximum absolute atomic E-state index is 11.5. The van der Waals surface area contributed by atoms with Gasteiger partial charge in [-0.15, -0.1) is 0 Å². The van der Waals surface area contributed by atoms with Gasteiger partial charge in [-0.3, -0.25) is 9.59 Å². The van der Waals surface area contributed by atoms with E-state index in [1.165, 1.54) is 17.9 Å². The van der Waals surface area contributed by atoms with Gasteiger partial charge in [-0.05, 0) is 0 Å². The molecule has 0 saturated carbocycles. The summed E-state index contributed by atoms with van der Waals surface area (Å²) in [6.45, 7) is -0.0272. The molecule has 0 aliphatic carbocycles. The summed E-state index contributed by atoms with van der Waals surface area (Å²) in [5.74, 6) is -1.83. The molecule has 0 aliphatic heterocycles. The molecule has 0 unspecified atom stereocenters. The number of carbonyl (C=O) groups is 2. The van der Waals surface area contributed by atoms with Crippen LogP contribution in [0.4, 0.5) is 0 Å². The topological polar surface area (TPSA) is 121 Å². The fourth-order valence-corrected chi connectivity index (χ4v) is 1.41. The van der Waals surface area contributed by atoms with Gasteiger partial charge in [0.05, 0.1) is 19.9 Å². The smallest absolute Gasteiger partial charge is 0.352 e. The summed E-state index contributed by atoms with van der Waals surface area (Å²) in [7, 11) is 1.31. The number of aromatic nitrogens is 1. The average Bonchev–Trinajstić information content (AvgIpc) is 2.35. The number of carboxylic acid groups (broad SMARTS) is 1. The van der Waals surface area contributed by atoms with Crippen molar-refractivity contribution in [2.75, 3.05) is 20.3 Å². The molecule has 0 aliphatic rings. The number of carbonyl (C=O) groups excluding carboxylic acids is 1. The molecule has 0 bridgehead atoms. The Hall–Kier alpha value is -2.35. The predicted octanol–water partition coefficient (Wildman–Crippen LogP) is -0.943. The highest BCUT2D eigenvalue weighted by molar-refractivity contribution is 5.85. The molecule has 0 spiro atoms. The summed E-state index contributed by atoms with van der Waals surface area (Å²) >= 11 is 0. The first-order chi connectivity index (χ1) is 8.95. The molecule has 0 saturated heterocycles. The Morgan fingerprint density at radius 1 is 1.47 bits per heavy atom. The Kier molecular flexibility index (Phi) is 5.07. The fourth-order valence-electron chi connectivity index (χ4n) is 1.41. The number of hydrogen-bond donors (Lipinski definition) is 2. The summed E-state index contributed by atoms with van der Waals surface area (Å²) in [5, 5.41) is 8.98. The maximum atomic E-state index is 11.5. The number of nitrogens with zero attached hydrogens (tertiary/aromatic N) is 1. The zero-order valence-corrected chi connectivity index (χ0v) is 10.3. The minimum atomic E-state index is -1.24. The standard InChI is InChI=1S/C11H14N2O6/c1-18-9-5-13(2-3-19-6-10(12)15)7(11(16)17)4-8(9)14/h4-5H,2-3,6H2,1H3,(H2,12,15)(H,16,17). The van der Waals surface area contributed by atoms with Crippen molar-refractivity contribution in [1.82, 2.24) is 4.57 Å². The molecule has 104 valence electrons. The highest BCUT2D eigenvalue weighted by atomic mass is 16.5. The van der Waals surface area contributed by atoms with E-state index >= 15 is 0 Å². The van der Waals surface area contributed by atoms with Crippen molar-refractivity contribution in [2.45, 2.75) is 6.54 Å². The van der Waals surface area contributed by atoms with E-state index in [0.29, 0.717) is 0 Å². The van der Waals surface area contributed by atoms with Crippen LogP contribution in [-0.2, 0) is 16.1 Å². The number of amides is 1. The van der Waals surface area contributed by atoms with Crippen molar-refractivity contribution in [3.63, 3.8) is 0 Å². The Morgan fingerprint density at radius 2 is 2.16 bits per heavy atom. The molecular formula is C11H14N2O6. The number of ether oxygens (including phenoxy) is 2. The summed E-state index contributed by atoms with van der Waals surface area (Å²) in [5.41, 5.74) is 4.18. The molecule has 1 amide bonds. The summed E-state index contributed by atoms with van der Waals surface area (Å²) in [6.07, 6.45) is 1.28. The summed E-state index contributed by atoms with van der Waals surface area (Å²) in [4.78, 5) is 32.9. The summed E-state index contributed by atoms with van der Waals surface area (Å²) in [6, 6.07) is 0.968. The number of aromatic carboxylic acids is 1. The first-order valence-electron chi connectivity index (χ1n) is 5.33. The number of pyridine rings is 1. The van der Waals surface area contributed by atoms with Crippen molar-refractivity contribution < 1.29 is 24.2 Å². The molecular weight excluding hydrogens is 256 g/mol. The van der Waals surface area contributed by atoms with Crippen LogP contribution in [0.15, 0.2) is 17.1 Å². The third kappa shape index (κ3) is 4.11. The quantitative estimate of drug-likeness (QED) is 0.616. The SMILES string of the molecule is COc1cn(CCOCC(N)=O)c(C(=O)O)cc1=O. The number of rotatable bonds is 7. The van der Waals surface area contributed by atoms with E-state index in [2.05, 4.69) is 0 Å². The van der Waals surface area contributed by atoms with Crippen LogP contribution in [0, 0.1) is 0 Å². The van der Waals surface area contributed by atoms with Gasteiger partial charge in [0, 0.05) is 12.6 Å². The molecule has 8 heteroatoms. The molecule has 0 radical (unpaired) electrons. The second kappa shape index (κ2) is 6.55. The van der Waals surface area contributed by atoms with Crippen LogP contribution in [-0.4, -0.2) is 41.9 Å². The van der Waals surface area contributed by atoms with Gasteiger partial charge < -0.3 is 24.9 Å². The molecule has 8 nitrogen and oxygen atoms in total. The lowest BCUT2D eigenvalue weighted by molar-refractivity contribution is -0.122. The third-order valence-corrected chi connectivity index (χ3v) is 2.25. The van der Waals surface area contributed by atoms with Gasteiger partial charge in [0.1, 0.15) is 12.3 Å². The van der Waals surface area contributed by atoms with Gasteiger partial charge in [-0.1, -0.05) is 0 Å². The molecule has 1 heterocycles. The zero-order valence-electron chi connectivity index (χ0n) is 10.3. The zero-order chi connectivity index (χ0) is 14.4. The number of carboxylic acids is 1. The van der Waals surface area contributed by atoms with Gasteiger partial charge in [-0.2, -0.15) is 0 Å². The molecule has 1 aromatic heterocycles. The highest BCUT2D eigenvalue weighted by Gasteiger charge is 2.12. The van der Waals surface area contributed by atoms with E-state index < -0.39 is 17.3 Å². The van der Waals surface area contributed by atoms with Crippen LogP contribution < -0.4 is 15.9 Å². The minimum Gasteiger partial charge on any atom is -0.491 e. The van der Waals surface area contributed by atoms with E-state index in [9.17, 15) is 14.4 Å². The average molecular weight is 270 g/mol. The van der Waals surface area contributed by atoms with E-state index in [1.54, 1.807) is 0 Å². The Balaban J connectivity index is 2.88. The number of hydrogen-bond acceptors (Lipinski definition) is 5. The lowest BCUT2D eigenvalue weighted by Gasteiger charge is -2.12. The normalized spacial score (nSPS) is 10.2. The Labute approximate surface area is 108 Å². The van der Waals surface area contributed by atoms with Crippen LogP contribution in [0.2, 0.25) is 0 Å². The summed E-state index contributed by atoms with van der Waals surface area (Å²) < 4.78 is 11.0. The second-order valence-electron chi connectivity index (χ2n) is 3.61. The van der Waals surface area contributed by atoms with Crippen LogP contribution in [0.3, 0.4) is 0 Å². The van der Waals surface area contributed by atoms with Crippen molar-refractivity contribution >= 4 is 11.9 Å². The van der Waals surface area contributed by atoms with E-state index in [4.69, 9.17) is 20.3 Å². The van der Waals surface area contributed by atoms with E-state index in [-0.39, 0.29) is 31.2 Å². The van der Waals surface area contributed by atoms with E-state index in [0.717, 1.165) is 6.07 Å². The van der Waals surface area contributed by atoms with E-state index in [1.807, 2.05) is 0 Å². The van der Waals surface area contributed by atoms with Crippen LogP contribution in [0.5, 0.6) is 5.75 Å². The maximum Gasteiger partial charge on any atom is 0.352 e. The first-order valence-corrected chi connectivity index (χ1v) is 5.33. The predicted molar refractivity (Wildman–Crippen MR) is 64.2 cm³/mol. The molecule has 1 aromatic rings. The van der Waals surface area contributed by atoms with Gasteiger partial charge >= 0.3 is 5.97 Å². The van der Waals surface area contributed by atoms with Gasteiger partial charge in [0.25, 0.3) is 0 Å². The Bertz CT molecular complexity index is 536. The molecule has 1 rings (SSSR count). The Morgan fingerprint density at radius 3 is 2.68 bits per heavy atom. The van der Waals surface area contributed by atoms with Crippen molar-refractivity contribution in [3.05, 3.63) is 28.2 Å². The lowest BCUT2D eigenvalue weighted by atomic mass is 10.3. The van der Waals surface area contributed by atoms with Crippen LogP contribution in [0.1, 0.15) is 10.5 Å². The largest absolute Gasteiger partial charge is 0.491 e. The minimum absolute atomic E-state index is 0.0277. The second-order valence-corrected chi connectivity index (χ2v) is 3.61. The highest BCUT2D eigenvalue weighted by Crippen LogP contribution is 2.06. The number of primary amides is 1. The number of nitrogens with two attached hydrogens (primary N) is 1. The first kappa shape index (κ1) is 14.7. The van der Waals surface area contributed by atoms with Gasteiger partial charge in [-0.25, -0.2) is 4.79 Å². The fraction of sp³-hybridized carbons (Fsp3) is 0.364. The van der Waals surface area contributed by atoms with Gasteiger partial charge in [0.2, 0.25) is 11.3 Å². The molecule has 0 atom stereocenters. The molecule has 0 aromatic carbocycles. The number of methoxy groups -OCH3 is 1. The molecule has 0 fully saturated rings. The van der Waals surface area contributed by atoms with Crippen molar-refractivity contribution in [1.29, 1.82) is 0 Å². The molecule has 3 N–H and O–H groups in total. The van der Waals surface area contributed by atoms with Crippen LogP contribution in [0.25, 0.3) is 0 Å².